The molecule has 0 saturated heterocycles. The molecule has 0 aliphatic carbocycles. The summed E-state index contributed by atoms with van der Waals surface area (Å²) in [6, 6.07) is 7.74. The molecule has 1 N–H and O–H groups in total. The Hall–Kier alpha value is -2.72. The van der Waals surface area contributed by atoms with E-state index in [2.05, 4.69) is 14.5 Å². The first-order valence-corrected chi connectivity index (χ1v) is 6.64. The number of H-pyrrole nitrogens is 1. The SMILES string of the molecule is CCOC(=O)C(=[N+]=[N-])C(=O)CCc1c[nH]c2ccccc12. The number of ketones is 1. The van der Waals surface area contributed by atoms with Crippen LogP contribution in [0, 0.1) is 0 Å². The van der Waals surface area contributed by atoms with Crippen molar-refractivity contribution < 1.29 is 19.1 Å². The van der Waals surface area contributed by atoms with Gasteiger partial charge in [0.05, 0.1) is 6.61 Å². The minimum atomic E-state index is -0.899. The third-order valence-electron chi connectivity index (χ3n) is 3.13. The number of carbonyl (C=O) groups excluding carboxylic acids is 2. The van der Waals surface area contributed by atoms with Crippen molar-refractivity contribution in [2.24, 2.45) is 0 Å². The number of aromatic amines is 1. The first-order chi connectivity index (χ1) is 10.2. The minimum Gasteiger partial charge on any atom is -0.457 e. The molecule has 0 aliphatic rings. The van der Waals surface area contributed by atoms with Crippen LogP contribution in [0.3, 0.4) is 0 Å². The molecule has 108 valence electrons. The quantitative estimate of drug-likeness (QED) is 0.288. The number of hydrogen-bond donors (Lipinski definition) is 1. The van der Waals surface area contributed by atoms with Crippen molar-refractivity contribution in [1.29, 1.82) is 0 Å². The van der Waals surface area contributed by atoms with Gasteiger partial charge in [-0.15, -0.1) is 0 Å². The van der Waals surface area contributed by atoms with E-state index in [0.717, 1.165) is 16.5 Å². The molecule has 2 aromatic rings. The van der Waals surface area contributed by atoms with Crippen LogP contribution < -0.4 is 0 Å². The molecule has 0 unspecified atom stereocenters. The number of nitrogens with zero attached hydrogens (tertiary/aromatic N) is 2. The molecule has 6 nitrogen and oxygen atoms in total. The maximum Gasteiger partial charge on any atom is 0.441 e. The Balaban J connectivity index is 2.07. The fourth-order valence-corrected chi connectivity index (χ4v) is 2.11. The number of fused-ring (bicyclic) bond motifs is 1. The molecule has 2 rings (SSSR count). The van der Waals surface area contributed by atoms with Crippen LogP contribution in [0.4, 0.5) is 0 Å². The minimum absolute atomic E-state index is 0.0695. The van der Waals surface area contributed by atoms with Crippen LogP contribution in [0.2, 0.25) is 0 Å². The fraction of sp³-hybridized carbons (Fsp3) is 0.267. The van der Waals surface area contributed by atoms with E-state index in [1.807, 2.05) is 30.5 Å². The van der Waals surface area contributed by atoms with E-state index in [0.29, 0.717) is 6.42 Å². The van der Waals surface area contributed by atoms with Gasteiger partial charge >= 0.3 is 11.7 Å². The zero-order chi connectivity index (χ0) is 15.2. The number of para-hydroxylation sites is 1. The topological polar surface area (TPSA) is 95.6 Å². The largest absolute Gasteiger partial charge is 0.457 e. The van der Waals surface area contributed by atoms with Crippen LogP contribution in [0.5, 0.6) is 0 Å². The molecule has 1 aromatic heterocycles. The third kappa shape index (κ3) is 3.24. The van der Waals surface area contributed by atoms with Crippen molar-refractivity contribution in [2.45, 2.75) is 19.8 Å². The number of esters is 1. The van der Waals surface area contributed by atoms with E-state index in [-0.39, 0.29) is 13.0 Å². The number of benzene rings is 1. The van der Waals surface area contributed by atoms with Gasteiger partial charge in [-0.2, -0.15) is 4.79 Å². The summed E-state index contributed by atoms with van der Waals surface area (Å²) in [5.41, 5.74) is 10.2. The van der Waals surface area contributed by atoms with Gasteiger partial charge in [0.25, 0.3) is 5.78 Å². The molecule has 21 heavy (non-hydrogen) atoms. The van der Waals surface area contributed by atoms with Crippen molar-refractivity contribution >= 4 is 28.4 Å². The maximum atomic E-state index is 11.9. The Labute approximate surface area is 121 Å². The highest BCUT2D eigenvalue weighted by Gasteiger charge is 2.30. The van der Waals surface area contributed by atoms with Crippen molar-refractivity contribution in [2.75, 3.05) is 6.61 Å². The van der Waals surface area contributed by atoms with Crippen LogP contribution in [-0.2, 0) is 20.7 Å². The monoisotopic (exact) mass is 285 g/mol. The molecule has 0 fully saturated rings. The van der Waals surface area contributed by atoms with Gasteiger partial charge in [0, 0.05) is 23.5 Å². The van der Waals surface area contributed by atoms with Gasteiger partial charge < -0.3 is 15.3 Å². The van der Waals surface area contributed by atoms with Crippen LogP contribution >= 0.6 is 0 Å². The molecular formula is C15H15N3O3. The average molecular weight is 285 g/mol. The van der Waals surface area contributed by atoms with E-state index in [1.165, 1.54) is 0 Å². The van der Waals surface area contributed by atoms with Gasteiger partial charge in [0.2, 0.25) is 0 Å². The molecule has 0 atom stereocenters. The lowest BCUT2D eigenvalue weighted by molar-refractivity contribution is -0.141. The first kappa shape index (κ1) is 14.7. The standard InChI is InChI=1S/C15H15N3O3/c1-2-21-15(20)14(18-16)13(19)8-7-10-9-17-12-6-4-3-5-11(10)12/h3-6,9,17H,2,7-8H2,1H3. The average Bonchev–Trinajstić information content (AvgIpc) is 2.89. The summed E-state index contributed by atoms with van der Waals surface area (Å²) in [6.07, 6.45) is 2.35. The summed E-state index contributed by atoms with van der Waals surface area (Å²) in [7, 11) is 0. The molecule has 0 saturated carbocycles. The zero-order valence-corrected chi connectivity index (χ0v) is 11.6. The van der Waals surface area contributed by atoms with Gasteiger partial charge in [-0.1, -0.05) is 18.2 Å². The normalized spacial score (nSPS) is 10.1. The molecule has 0 spiro atoms. The van der Waals surface area contributed by atoms with E-state index in [1.54, 1.807) is 6.92 Å². The lowest BCUT2D eigenvalue weighted by Gasteiger charge is -1.98. The Kier molecular flexibility index (Phi) is 4.64. The molecule has 1 heterocycles. The number of carbonyl (C=O) groups is 2. The second kappa shape index (κ2) is 6.63. The molecule has 0 aliphatic heterocycles. The van der Waals surface area contributed by atoms with E-state index in [9.17, 15) is 9.59 Å². The number of nitrogens with one attached hydrogen (secondary N) is 1. The lowest BCUT2D eigenvalue weighted by Crippen LogP contribution is -2.27. The van der Waals surface area contributed by atoms with Crippen LogP contribution in [0.15, 0.2) is 30.5 Å². The van der Waals surface area contributed by atoms with E-state index in [4.69, 9.17) is 5.53 Å². The first-order valence-electron chi connectivity index (χ1n) is 6.64. The van der Waals surface area contributed by atoms with Crippen LogP contribution in [0.1, 0.15) is 18.9 Å². The number of Topliss-reactive ketones (excluding diaryl/α,β-unsaturated/α-hetero) is 1. The molecule has 6 heteroatoms. The molecular weight excluding hydrogens is 270 g/mol. The molecule has 0 bridgehead atoms. The lowest BCUT2D eigenvalue weighted by atomic mass is 10.0. The summed E-state index contributed by atoms with van der Waals surface area (Å²) in [5, 5.41) is 1.03. The highest BCUT2D eigenvalue weighted by molar-refractivity contribution is 6.62. The van der Waals surface area contributed by atoms with Crippen molar-refractivity contribution in [3.8, 4) is 0 Å². The highest BCUT2D eigenvalue weighted by atomic mass is 16.5. The maximum absolute atomic E-state index is 11.9. The Bertz CT molecular complexity index is 727. The summed E-state index contributed by atoms with van der Waals surface area (Å²) >= 11 is 0. The van der Waals surface area contributed by atoms with E-state index < -0.39 is 17.5 Å². The van der Waals surface area contributed by atoms with Gasteiger partial charge in [-0.05, 0) is 25.0 Å². The predicted octanol–water partition coefficient (Wildman–Crippen LogP) is 1.90. The van der Waals surface area contributed by atoms with Gasteiger partial charge in [-0.25, -0.2) is 4.79 Å². The number of hydrogen-bond acceptors (Lipinski definition) is 3. The van der Waals surface area contributed by atoms with Gasteiger partial charge in [0.15, 0.2) is 0 Å². The van der Waals surface area contributed by atoms with Crippen molar-refractivity contribution in [1.82, 2.24) is 4.98 Å². The Morgan fingerprint density at radius 3 is 2.81 bits per heavy atom. The number of ether oxygens (including phenoxy) is 1. The zero-order valence-electron chi connectivity index (χ0n) is 11.6. The molecule has 0 radical (unpaired) electrons. The number of rotatable bonds is 6. The summed E-state index contributed by atoms with van der Waals surface area (Å²) in [5.74, 6) is -1.44. The smallest absolute Gasteiger partial charge is 0.441 e. The third-order valence-corrected chi connectivity index (χ3v) is 3.13. The van der Waals surface area contributed by atoms with Gasteiger partial charge in [-0.3, -0.25) is 4.79 Å². The molecule has 0 amide bonds. The van der Waals surface area contributed by atoms with Gasteiger partial charge in [0.1, 0.15) is 0 Å². The molecule has 1 aromatic carbocycles. The second-order valence-electron chi connectivity index (χ2n) is 4.45. The second-order valence-corrected chi connectivity index (χ2v) is 4.45. The number of aromatic nitrogens is 1. The Morgan fingerprint density at radius 1 is 1.33 bits per heavy atom. The fourth-order valence-electron chi connectivity index (χ4n) is 2.11. The predicted molar refractivity (Wildman–Crippen MR) is 76.9 cm³/mol. The summed E-state index contributed by atoms with van der Waals surface area (Å²) in [4.78, 5) is 29.2. The Morgan fingerprint density at radius 2 is 2.10 bits per heavy atom. The van der Waals surface area contributed by atoms with Crippen LogP contribution in [0.25, 0.3) is 16.4 Å². The highest BCUT2D eigenvalue weighted by Crippen LogP contribution is 2.19. The van der Waals surface area contributed by atoms with Crippen LogP contribution in [-0.4, -0.2) is 33.8 Å². The summed E-state index contributed by atoms with van der Waals surface area (Å²) < 4.78 is 4.67. The van der Waals surface area contributed by atoms with Crippen molar-refractivity contribution in [3.05, 3.63) is 41.6 Å². The number of aryl methyl sites for hydroxylation is 1. The van der Waals surface area contributed by atoms with Crippen molar-refractivity contribution in [3.63, 3.8) is 0 Å². The summed E-state index contributed by atoms with van der Waals surface area (Å²) in [6.45, 7) is 1.73. The van der Waals surface area contributed by atoms with E-state index >= 15 is 0 Å².